The molecule has 1 aromatic carbocycles. The number of rotatable bonds is 4. The maximum atomic E-state index is 14.2. The third kappa shape index (κ3) is 3.48. The van der Waals surface area contributed by atoms with Gasteiger partial charge in [0, 0.05) is 15.8 Å². The van der Waals surface area contributed by atoms with Crippen molar-refractivity contribution in [1.29, 1.82) is 0 Å². The van der Waals surface area contributed by atoms with Crippen LogP contribution in [-0.4, -0.2) is 21.6 Å². The summed E-state index contributed by atoms with van der Waals surface area (Å²) in [5.74, 6) is 0.120. The minimum Gasteiger partial charge on any atom is -0.492 e. The maximum Gasteiger partial charge on any atom is 0.223 e. The van der Waals surface area contributed by atoms with E-state index in [2.05, 4.69) is 15.0 Å². The average molecular weight is 420 g/mol. The minimum atomic E-state index is -0.519. The Labute approximate surface area is 168 Å². The van der Waals surface area contributed by atoms with E-state index < -0.39 is 5.82 Å². The second-order valence-corrected chi connectivity index (χ2v) is 7.38. The summed E-state index contributed by atoms with van der Waals surface area (Å²) in [6.07, 6.45) is 2.68. The van der Waals surface area contributed by atoms with Gasteiger partial charge in [0.25, 0.3) is 0 Å². The van der Waals surface area contributed by atoms with Gasteiger partial charge in [0.1, 0.15) is 16.6 Å². The van der Waals surface area contributed by atoms with E-state index in [-0.39, 0.29) is 11.0 Å². The molecule has 0 aliphatic heterocycles. The molecule has 0 amide bonds. The topological polar surface area (TPSA) is 47.9 Å². The van der Waals surface area contributed by atoms with Crippen LogP contribution in [0.4, 0.5) is 4.39 Å². The van der Waals surface area contributed by atoms with Crippen LogP contribution < -0.4 is 4.74 Å². The Bertz CT molecular complexity index is 1150. The second kappa shape index (κ2) is 7.38. The van der Waals surface area contributed by atoms with Crippen molar-refractivity contribution >= 4 is 44.6 Å². The van der Waals surface area contributed by atoms with Gasteiger partial charge >= 0.3 is 0 Å². The summed E-state index contributed by atoms with van der Waals surface area (Å²) in [4.78, 5) is 12.5. The van der Waals surface area contributed by atoms with Crippen LogP contribution in [0.2, 0.25) is 10.4 Å². The van der Waals surface area contributed by atoms with Crippen LogP contribution in [-0.2, 0) is 0 Å². The number of hydrogen-bond acceptors (Lipinski definition) is 5. The standard InChI is InChI=1S/C19H12Cl2FN3OS/c1-2-26-14-9-23-16(20)7-12(14)11-5-3-4-10-6-15(27-18(10)11)17-13(22)8-24-19(21)25-17/h3-9H,2H2,1H3. The number of thiophene rings is 1. The molecule has 4 nitrogen and oxygen atoms in total. The van der Waals surface area contributed by atoms with Crippen molar-refractivity contribution in [2.75, 3.05) is 6.61 Å². The van der Waals surface area contributed by atoms with Crippen LogP contribution in [0.25, 0.3) is 31.8 Å². The molecule has 0 fully saturated rings. The fourth-order valence-electron chi connectivity index (χ4n) is 2.81. The number of nitrogens with zero attached hydrogens (tertiary/aromatic N) is 3. The van der Waals surface area contributed by atoms with Crippen molar-refractivity contribution < 1.29 is 9.13 Å². The molecular formula is C19H12Cl2FN3OS. The van der Waals surface area contributed by atoms with E-state index in [0.717, 1.165) is 27.4 Å². The summed E-state index contributed by atoms with van der Waals surface area (Å²) in [5.41, 5.74) is 1.94. The van der Waals surface area contributed by atoms with Crippen molar-refractivity contribution in [1.82, 2.24) is 15.0 Å². The van der Waals surface area contributed by atoms with Gasteiger partial charge in [0.15, 0.2) is 5.82 Å². The van der Waals surface area contributed by atoms with Gasteiger partial charge in [0.2, 0.25) is 5.28 Å². The van der Waals surface area contributed by atoms with E-state index in [9.17, 15) is 4.39 Å². The van der Waals surface area contributed by atoms with Crippen LogP contribution in [0, 0.1) is 5.82 Å². The first kappa shape index (κ1) is 18.1. The van der Waals surface area contributed by atoms with Gasteiger partial charge in [-0.1, -0.05) is 29.8 Å². The number of fused-ring (bicyclic) bond motifs is 1. The first-order valence-corrected chi connectivity index (χ1v) is 9.63. The molecule has 0 spiro atoms. The smallest absolute Gasteiger partial charge is 0.223 e. The highest BCUT2D eigenvalue weighted by atomic mass is 35.5. The number of ether oxygens (including phenoxy) is 1. The predicted octanol–water partition coefficient (Wildman–Crippen LogP) is 6.26. The Morgan fingerprint density at radius 3 is 2.78 bits per heavy atom. The molecule has 3 aromatic heterocycles. The lowest BCUT2D eigenvalue weighted by Crippen LogP contribution is -1.95. The van der Waals surface area contributed by atoms with Gasteiger partial charge in [-0.25, -0.2) is 19.3 Å². The first-order valence-electron chi connectivity index (χ1n) is 8.06. The molecule has 4 rings (SSSR count). The number of halogens is 3. The van der Waals surface area contributed by atoms with Crippen LogP contribution in [0.5, 0.6) is 5.75 Å². The maximum absolute atomic E-state index is 14.2. The summed E-state index contributed by atoms with van der Waals surface area (Å²) >= 11 is 13.4. The van der Waals surface area contributed by atoms with E-state index in [0.29, 0.717) is 22.4 Å². The number of aromatic nitrogens is 3. The van der Waals surface area contributed by atoms with E-state index in [1.165, 1.54) is 11.3 Å². The Kier molecular flexibility index (Phi) is 4.95. The van der Waals surface area contributed by atoms with Crippen LogP contribution in [0.3, 0.4) is 0 Å². The summed E-state index contributed by atoms with van der Waals surface area (Å²) in [6, 6.07) is 9.52. The predicted molar refractivity (Wildman–Crippen MR) is 107 cm³/mol. The Balaban J connectivity index is 1.93. The largest absolute Gasteiger partial charge is 0.492 e. The quantitative estimate of drug-likeness (QED) is 0.289. The van der Waals surface area contributed by atoms with Crippen molar-refractivity contribution in [3.8, 4) is 27.4 Å². The molecule has 0 atom stereocenters. The average Bonchev–Trinajstić information content (AvgIpc) is 3.09. The third-order valence-corrected chi connectivity index (χ3v) is 5.50. The zero-order chi connectivity index (χ0) is 19.0. The van der Waals surface area contributed by atoms with E-state index in [1.807, 2.05) is 31.2 Å². The summed E-state index contributed by atoms with van der Waals surface area (Å²) in [7, 11) is 0. The molecule has 0 aliphatic rings. The molecule has 3 heterocycles. The van der Waals surface area contributed by atoms with Gasteiger partial charge in [-0.2, -0.15) is 0 Å². The van der Waals surface area contributed by atoms with Gasteiger partial charge in [-0.05, 0) is 36.0 Å². The highest BCUT2D eigenvalue weighted by molar-refractivity contribution is 7.22. The molecule has 0 bridgehead atoms. The van der Waals surface area contributed by atoms with Gasteiger partial charge in [-0.3, -0.25) is 0 Å². The Hall–Kier alpha value is -2.28. The fourth-order valence-corrected chi connectivity index (χ4v) is 4.28. The van der Waals surface area contributed by atoms with Crippen molar-refractivity contribution in [3.63, 3.8) is 0 Å². The molecule has 27 heavy (non-hydrogen) atoms. The first-order chi connectivity index (χ1) is 13.1. The lowest BCUT2D eigenvalue weighted by atomic mass is 10.0. The Morgan fingerprint density at radius 2 is 1.96 bits per heavy atom. The van der Waals surface area contributed by atoms with E-state index in [1.54, 1.807) is 12.3 Å². The van der Waals surface area contributed by atoms with E-state index in [4.69, 9.17) is 27.9 Å². The number of hydrogen-bond donors (Lipinski definition) is 0. The molecule has 0 aliphatic carbocycles. The summed E-state index contributed by atoms with van der Waals surface area (Å²) in [5, 5.41) is 1.33. The van der Waals surface area contributed by atoms with Gasteiger partial charge < -0.3 is 4.74 Å². The third-order valence-electron chi connectivity index (χ3n) is 3.92. The zero-order valence-corrected chi connectivity index (χ0v) is 16.4. The molecule has 136 valence electrons. The molecular weight excluding hydrogens is 408 g/mol. The molecule has 4 aromatic rings. The summed E-state index contributed by atoms with van der Waals surface area (Å²) in [6.45, 7) is 2.41. The lowest BCUT2D eigenvalue weighted by Gasteiger charge is -2.11. The van der Waals surface area contributed by atoms with Crippen LogP contribution >= 0.6 is 34.5 Å². The van der Waals surface area contributed by atoms with Crippen molar-refractivity contribution in [2.45, 2.75) is 6.92 Å². The second-order valence-electron chi connectivity index (χ2n) is 5.61. The monoisotopic (exact) mass is 419 g/mol. The highest BCUT2D eigenvalue weighted by Crippen LogP contribution is 2.42. The number of pyridine rings is 1. The molecule has 0 unspecified atom stereocenters. The molecule has 0 radical (unpaired) electrons. The van der Waals surface area contributed by atoms with Crippen LogP contribution in [0.15, 0.2) is 42.7 Å². The van der Waals surface area contributed by atoms with Gasteiger partial charge in [0.05, 0.1) is 23.9 Å². The number of benzene rings is 1. The normalized spacial score (nSPS) is 11.1. The molecule has 8 heteroatoms. The SMILES string of the molecule is CCOc1cnc(Cl)cc1-c1cccc2cc(-c3nc(Cl)ncc3F)sc12. The Morgan fingerprint density at radius 1 is 1.11 bits per heavy atom. The highest BCUT2D eigenvalue weighted by Gasteiger charge is 2.17. The lowest BCUT2D eigenvalue weighted by molar-refractivity contribution is 0.340. The fraction of sp³-hybridized carbons (Fsp3) is 0.105. The minimum absolute atomic E-state index is 0.00336. The molecule has 0 saturated carbocycles. The van der Waals surface area contributed by atoms with Crippen molar-refractivity contribution in [3.05, 3.63) is 59.0 Å². The van der Waals surface area contributed by atoms with Crippen LogP contribution in [0.1, 0.15) is 6.92 Å². The molecule has 0 saturated heterocycles. The van der Waals surface area contributed by atoms with Gasteiger partial charge in [-0.15, -0.1) is 11.3 Å². The zero-order valence-electron chi connectivity index (χ0n) is 14.0. The molecule has 0 N–H and O–H groups in total. The van der Waals surface area contributed by atoms with Crippen molar-refractivity contribution in [2.24, 2.45) is 0 Å². The van der Waals surface area contributed by atoms with E-state index >= 15 is 0 Å². The summed E-state index contributed by atoms with van der Waals surface area (Å²) < 4.78 is 20.9.